The summed E-state index contributed by atoms with van der Waals surface area (Å²) in [5, 5.41) is 0.741. The molecule has 1 fully saturated rings. The van der Waals surface area contributed by atoms with Crippen LogP contribution in [-0.4, -0.2) is 23.9 Å². The summed E-state index contributed by atoms with van der Waals surface area (Å²) in [4.78, 5) is 15.1. The van der Waals surface area contributed by atoms with Crippen LogP contribution in [0.1, 0.15) is 55.7 Å². The number of fused-ring (bicyclic) bond motifs is 2. The van der Waals surface area contributed by atoms with E-state index in [-0.39, 0.29) is 11.3 Å². The zero-order chi connectivity index (χ0) is 19.0. The minimum Gasteiger partial charge on any atom is -0.342 e. The molecule has 0 N–H and O–H groups in total. The molecule has 2 atom stereocenters. The highest BCUT2D eigenvalue weighted by atomic mass is 35.5. The molecule has 1 spiro atoms. The van der Waals surface area contributed by atoms with E-state index < -0.39 is 0 Å². The summed E-state index contributed by atoms with van der Waals surface area (Å²) in [7, 11) is 0. The molecule has 1 heterocycles. The monoisotopic (exact) mass is 381 g/mol. The number of benzene rings is 2. The van der Waals surface area contributed by atoms with Crippen molar-refractivity contribution < 1.29 is 4.79 Å². The highest BCUT2D eigenvalue weighted by molar-refractivity contribution is 6.30. The third-order valence-corrected chi connectivity index (χ3v) is 6.92. The molecule has 0 radical (unpaired) electrons. The molecule has 1 amide bonds. The predicted molar refractivity (Wildman–Crippen MR) is 111 cm³/mol. The molecule has 27 heavy (non-hydrogen) atoms. The molecule has 142 valence electrons. The molecule has 2 aromatic carbocycles. The molecule has 3 heteroatoms. The van der Waals surface area contributed by atoms with Gasteiger partial charge in [0, 0.05) is 24.0 Å². The van der Waals surface area contributed by atoms with Crippen molar-refractivity contribution in [3.05, 3.63) is 70.2 Å². The Labute approximate surface area is 167 Å². The summed E-state index contributed by atoms with van der Waals surface area (Å²) < 4.78 is 0. The van der Waals surface area contributed by atoms with Crippen LogP contribution in [0, 0.1) is 5.92 Å². The van der Waals surface area contributed by atoms with Crippen LogP contribution in [-0.2, 0) is 16.6 Å². The second-order valence-corrected chi connectivity index (χ2v) is 8.97. The second-order valence-electron chi connectivity index (χ2n) is 8.53. The van der Waals surface area contributed by atoms with Crippen LogP contribution in [0.5, 0.6) is 0 Å². The lowest BCUT2D eigenvalue weighted by atomic mass is 9.73. The first kappa shape index (κ1) is 18.6. The maximum Gasteiger partial charge on any atom is 0.225 e. The molecule has 0 saturated carbocycles. The van der Waals surface area contributed by atoms with Gasteiger partial charge >= 0.3 is 0 Å². The van der Waals surface area contributed by atoms with Crippen molar-refractivity contribution in [2.45, 2.75) is 50.9 Å². The van der Waals surface area contributed by atoms with E-state index in [2.05, 4.69) is 36.1 Å². The lowest BCUT2D eigenvalue weighted by Gasteiger charge is -2.41. The number of halogens is 1. The van der Waals surface area contributed by atoms with Gasteiger partial charge in [-0.3, -0.25) is 4.79 Å². The van der Waals surface area contributed by atoms with Crippen LogP contribution < -0.4 is 0 Å². The van der Waals surface area contributed by atoms with Crippen molar-refractivity contribution in [3.8, 4) is 0 Å². The van der Waals surface area contributed by atoms with Crippen molar-refractivity contribution in [2.24, 2.45) is 5.92 Å². The molecule has 2 aliphatic rings. The SMILES string of the molecule is CC(Cc1ccc(Cl)cc1)C(=O)N1CCC2(CC1)CC(C)c1ccccc12. The van der Waals surface area contributed by atoms with Crippen LogP contribution >= 0.6 is 11.6 Å². The Kier molecular flexibility index (Phi) is 5.03. The summed E-state index contributed by atoms with van der Waals surface area (Å²) in [6.45, 7) is 6.16. The first-order valence-electron chi connectivity index (χ1n) is 10.1. The summed E-state index contributed by atoms with van der Waals surface area (Å²) in [5.41, 5.74) is 4.52. The van der Waals surface area contributed by atoms with E-state index in [9.17, 15) is 4.79 Å². The van der Waals surface area contributed by atoms with Gasteiger partial charge in [-0.25, -0.2) is 0 Å². The summed E-state index contributed by atoms with van der Waals surface area (Å²) in [6.07, 6.45) is 4.19. The van der Waals surface area contributed by atoms with Gasteiger partial charge in [-0.05, 0) is 65.8 Å². The van der Waals surface area contributed by atoms with Crippen molar-refractivity contribution >= 4 is 17.5 Å². The molecular formula is C24H28ClNO. The number of amides is 1. The van der Waals surface area contributed by atoms with Gasteiger partial charge in [0.25, 0.3) is 0 Å². The van der Waals surface area contributed by atoms with Crippen LogP contribution in [0.25, 0.3) is 0 Å². The first-order valence-corrected chi connectivity index (χ1v) is 10.5. The molecule has 0 bridgehead atoms. The van der Waals surface area contributed by atoms with Crippen LogP contribution in [0.3, 0.4) is 0 Å². The fraction of sp³-hybridized carbons (Fsp3) is 0.458. The molecule has 4 rings (SSSR count). The number of rotatable bonds is 3. The maximum atomic E-state index is 13.0. The molecule has 1 saturated heterocycles. The van der Waals surface area contributed by atoms with E-state index in [0.717, 1.165) is 37.4 Å². The van der Waals surface area contributed by atoms with Gasteiger partial charge in [-0.2, -0.15) is 0 Å². The number of nitrogens with zero attached hydrogens (tertiary/aromatic N) is 1. The molecular weight excluding hydrogens is 354 g/mol. The Balaban J connectivity index is 1.40. The minimum atomic E-state index is 0.00927. The minimum absolute atomic E-state index is 0.00927. The van der Waals surface area contributed by atoms with Crippen molar-refractivity contribution in [1.82, 2.24) is 4.90 Å². The van der Waals surface area contributed by atoms with E-state index >= 15 is 0 Å². The fourth-order valence-electron chi connectivity index (χ4n) is 5.22. The summed E-state index contributed by atoms with van der Waals surface area (Å²) in [6, 6.07) is 16.8. The highest BCUT2D eigenvalue weighted by Crippen LogP contribution is 2.51. The van der Waals surface area contributed by atoms with Crippen LogP contribution in [0.2, 0.25) is 5.02 Å². The Morgan fingerprint density at radius 1 is 1.15 bits per heavy atom. The second kappa shape index (κ2) is 7.31. The maximum absolute atomic E-state index is 13.0. The van der Waals surface area contributed by atoms with Crippen molar-refractivity contribution in [3.63, 3.8) is 0 Å². The fourth-order valence-corrected chi connectivity index (χ4v) is 5.34. The number of hydrogen-bond acceptors (Lipinski definition) is 1. The van der Waals surface area contributed by atoms with Gasteiger partial charge in [0.2, 0.25) is 5.91 Å². The number of piperidine rings is 1. The number of carbonyl (C=O) groups excluding carboxylic acids is 1. The average molecular weight is 382 g/mol. The zero-order valence-electron chi connectivity index (χ0n) is 16.2. The number of hydrogen-bond donors (Lipinski definition) is 0. The predicted octanol–water partition coefficient (Wildman–Crippen LogP) is 5.59. The van der Waals surface area contributed by atoms with Crippen LogP contribution in [0.4, 0.5) is 0 Å². The summed E-state index contributed by atoms with van der Waals surface area (Å²) >= 11 is 5.96. The molecule has 2 nitrogen and oxygen atoms in total. The van der Waals surface area contributed by atoms with E-state index in [1.165, 1.54) is 17.5 Å². The van der Waals surface area contributed by atoms with Gasteiger partial charge in [-0.15, -0.1) is 0 Å². The third kappa shape index (κ3) is 3.52. The smallest absolute Gasteiger partial charge is 0.225 e. The van der Waals surface area contributed by atoms with Gasteiger partial charge in [0.1, 0.15) is 0 Å². The van der Waals surface area contributed by atoms with Crippen LogP contribution in [0.15, 0.2) is 48.5 Å². The van der Waals surface area contributed by atoms with Gasteiger partial charge in [-0.1, -0.05) is 61.8 Å². The lowest BCUT2D eigenvalue weighted by Crippen LogP contribution is -2.46. The van der Waals surface area contributed by atoms with E-state index in [4.69, 9.17) is 11.6 Å². The van der Waals surface area contributed by atoms with Crippen molar-refractivity contribution in [1.29, 1.82) is 0 Å². The zero-order valence-corrected chi connectivity index (χ0v) is 17.0. The van der Waals surface area contributed by atoms with E-state index in [0.29, 0.717) is 11.8 Å². The first-order chi connectivity index (χ1) is 13.0. The van der Waals surface area contributed by atoms with Crippen molar-refractivity contribution in [2.75, 3.05) is 13.1 Å². The Bertz CT molecular complexity index is 821. The molecule has 2 unspecified atom stereocenters. The Morgan fingerprint density at radius 3 is 2.52 bits per heavy atom. The molecule has 2 aromatic rings. The standard InChI is InChI=1S/C24H28ClNO/c1-17(15-19-7-9-20(25)10-8-19)23(27)26-13-11-24(12-14-26)16-18(2)21-5-3-4-6-22(21)24/h3-10,17-18H,11-16H2,1-2H3. The normalized spacial score (nSPS) is 21.9. The summed E-state index contributed by atoms with van der Waals surface area (Å²) in [5.74, 6) is 0.932. The van der Waals surface area contributed by atoms with E-state index in [1.54, 1.807) is 5.56 Å². The van der Waals surface area contributed by atoms with Gasteiger partial charge in [0.05, 0.1) is 0 Å². The topological polar surface area (TPSA) is 20.3 Å². The number of carbonyl (C=O) groups is 1. The van der Waals surface area contributed by atoms with Gasteiger partial charge < -0.3 is 4.90 Å². The largest absolute Gasteiger partial charge is 0.342 e. The molecule has 0 aromatic heterocycles. The molecule has 1 aliphatic carbocycles. The van der Waals surface area contributed by atoms with Gasteiger partial charge in [0.15, 0.2) is 0 Å². The number of likely N-dealkylation sites (tertiary alicyclic amines) is 1. The quantitative estimate of drug-likeness (QED) is 0.678. The lowest BCUT2D eigenvalue weighted by molar-refractivity contribution is -0.136. The highest BCUT2D eigenvalue weighted by Gasteiger charge is 2.44. The Hall–Kier alpha value is -1.80. The van der Waals surface area contributed by atoms with E-state index in [1.807, 2.05) is 31.2 Å². The Morgan fingerprint density at radius 2 is 1.81 bits per heavy atom. The molecule has 1 aliphatic heterocycles. The average Bonchev–Trinajstić information content (AvgIpc) is 2.96. The third-order valence-electron chi connectivity index (χ3n) is 6.67.